The molecule has 1 fully saturated rings. The number of hydrogen-bond acceptors (Lipinski definition) is 5. The van der Waals surface area contributed by atoms with Gasteiger partial charge in [0.25, 0.3) is 0 Å². The zero-order valence-electron chi connectivity index (χ0n) is 8.02. The molecule has 0 bridgehead atoms. The second-order valence-electron chi connectivity index (χ2n) is 2.75. The largest absolute Gasteiger partial charge is 0.391 e. The Hall–Kier alpha value is -0.260. The van der Waals surface area contributed by atoms with Crippen molar-refractivity contribution in [3.63, 3.8) is 0 Å². The maximum absolute atomic E-state index is 10.8. The van der Waals surface area contributed by atoms with Crippen LogP contribution in [0.15, 0.2) is 0 Å². The number of carbonyl (C=O) groups excluding carboxylic acids is 2. The molecule has 0 aliphatic carbocycles. The monoisotopic (exact) mass is 239 g/mol. The summed E-state index contributed by atoms with van der Waals surface area (Å²) in [7, 11) is 0. The van der Waals surface area contributed by atoms with Crippen LogP contribution in [0.3, 0.4) is 0 Å². The molecule has 0 spiro atoms. The van der Waals surface area contributed by atoms with Crippen LogP contribution < -0.4 is 0 Å². The predicted octanol–water partition coefficient (Wildman–Crippen LogP) is 0.547. The van der Waals surface area contributed by atoms with Gasteiger partial charge >= 0.3 is 11.9 Å². The number of thioether (sulfide) groups is 1. The summed E-state index contributed by atoms with van der Waals surface area (Å²) in [6.07, 6.45) is 0. The fourth-order valence-corrected chi connectivity index (χ4v) is 1.78. The Morgan fingerprint density at radius 3 is 2.43 bits per heavy atom. The Morgan fingerprint density at radius 2 is 1.93 bits per heavy atom. The average molecular weight is 240 g/mol. The van der Waals surface area contributed by atoms with Crippen LogP contribution in [0.5, 0.6) is 0 Å². The van der Waals surface area contributed by atoms with Gasteiger partial charge in [-0.15, -0.1) is 12.4 Å². The number of rotatable bonds is 4. The highest BCUT2D eigenvalue weighted by atomic mass is 35.5. The molecule has 0 N–H and O–H groups in total. The van der Waals surface area contributed by atoms with E-state index < -0.39 is 11.9 Å². The van der Waals surface area contributed by atoms with Crippen LogP contribution in [0.2, 0.25) is 0 Å². The lowest BCUT2D eigenvalue weighted by Gasteiger charge is -2.23. The Bertz CT molecular complexity index is 197. The quantitative estimate of drug-likeness (QED) is 0.407. The average Bonchev–Trinajstić information content (AvgIpc) is 2.03. The third-order valence-corrected chi connectivity index (χ3v) is 2.57. The van der Waals surface area contributed by atoms with Crippen LogP contribution in [0.4, 0.5) is 0 Å². The molecule has 1 rings (SSSR count). The second kappa shape index (κ2) is 7.09. The summed E-state index contributed by atoms with van der Waals surface area (Å²) in [5.41, 5.74) is 0. The van der Waals surface area contributed by atoms with E-state index in [1.54, 1.807) is 11.8 Å². The standard InChI is InChI=1S/C8H13NO3S.ClH/c1-2-13-4-3-9-5-7(10)12-8(11)6-9;/h2-6H2,1H3;1H. The first-order valence-corrected chi connectivity index (χ1v) is 5.41. The van der Waals surface area contributed by atoms with Crippen molar-refractivity contribution in [3.8, 4) is 0 Å². The molecule has 0 saturated carbocycles. The Morgan fingerprint density at radius 1 is 1.36 bits per heavy atom. The SMILES string of the molecule is CCSCCN1CC(=O)OC(=O)C1.Cl. The van der Waals surface area contributed by atoms with Crippen molar-refractivity contribution in [3.05, 3.63) is 0 Å². The lowest BCUT2D eigenvalue weighted by atomic mass is 10.4. The molecule has 0 aromatic heterocycles. The van der Waals surface area contributed by atoms with Gasteiger partial charge in [0, 0.05) is 12.3 Å². The molecule has 14 heavy (non-hydrogen) atoms. The number of nitrogens with zero attached hydrogens (tertiary/aromatic N) is 1. The molecule has 4 nitrogen and oxygen atoms in total. The van der Waals surface area contributed by atoms with Gasteiger partial charge in [-0.05, 0) is 5.75 Å². The van der Waals surface area contributed by atoms with E-state index in [0.29, 0.717) is 0 Å². The molecule has 0 amide bonds. The molecule has 0 aromatic rings. The third-order valence-electron chi connectivity index (χ3n) is 1.69. The number of ether oxygens (including phenoxy) is 1. The highest BCUT2D eigenvalue weighted by Crippen LogP contribution is 2.03. The highest BCUT2D eigenvalue weighted by molar-refractivity contribution is 7.99. The van der Waals surface area contributed by atoms with E-state index in [0.717, 1.165) is 18.1 Å². The van der Waals surface area contributed by atoms with Crippen molar-refractivity contribution < 1.29 is 14.3 Å². The van der Waals surface area contributed by atoms with Gasteiger partial charge in [0.2, 0.25) is 0 Å². The van der Waals surface area contributed by atoms with Crippen molar-refractivity contribution in [2.45, 2.75) is 6.92 Å². The van der Waals surface area contributed by atoms with E-state index >= 15 is 0 Å². The first-order valence-electron chi connectivity index (χ1n) is 4.26. The van der Waals surface area contributed by atoms with E-state index in [-0.39, 0.29) is 25.5 Å². The van der Waals surface area contributed by atoms with E-state index in [2.05, 4.69) is 11.7 Å². The Balaban J connectivity index is 0.00000169. The fraction of sp³-hybridized carbons (Fsp3) is 0.750. The van der Waals surface area contributed by atoms with Gasteiger partial charge in [0.05, 0.1) is 13.1 Å². The molecule has 82 valence electrons. The summed E-state index contributed by atoms with van der Waals surface area (Å²) in [6.45, 7) is 3.35. The van der Waals surface area contributed by atoms with Crippen LogP contribution in [-0.4, -0.2) is 48.0 Å². The Labute approximate surface area is 93.8 Å². The number of esters is 2. The molecule has 6 heteroatoms. The molecule has 1 aliphatic heterocycles. The minimum absolute atomic E-state index is 0. The smallest absolute Gasteiger partial charge is 0.327 e. The molecular weight excluding hydrogens is 226 g/mol. The maximum Gasteiger partial charge on any atom is 0.327 e. The number of carbonyl (C=O) groups is 2. The molecule has 0 unspecified atom stereocenters. The van der Waals surface area contributed by atoms with E-state index in [9.17, 15) is 9.59 Å². The van der Waals surface area contributed by atoms with Crippen molar-refractivity contribution in [1.82, 2.24) is 4.90 Å². The summed E-state index contributed by atoms with van der Waals surface area (Å²) in [5.74, 6) is 1.15. The second-order valence-corrected chi connectivity index (χ2v) is 4.15. The zero-order valence-corrected chi connectivity index (χ0v) is 9.66. The molecule has 0 aromatic carbocycles. The van der Waals surface area contributed by atoms with Crippen LogP contribution in [-0.2, 0) is 14.3 Å². The highest BCUT2D eigenvalue weighted by Gasteiger charge is 2.23. The fourth-order valence-electron chi connectivity index (χ4n) is 1.11. The normalized spacial score (nSPS) is 17.5. The van der Waals surface area contributed by atoms with Crippen LogP contribution in [0, 0.1) is 0 Å². The van der Waals surface area contributed by atoms with Crippen LogP contribution in [0.1, 0.15) is 6.92 Å². The number of cyclic esters (lactones) is 2. The molecule has 1 saturated heterocycles. The molecule has 0 atom stereocenters. The summed E-state index contributed by atoms with van der Waals surface area (Å²) in [5, 5.41) is 0. The van der Waals surface area contributed by atoms with Gasteiger partial charge in [0.1, 0.15) is 0 Å². The molecular formula is C8H14ClNO3S. The van der Waals surface area contributed by atoms with E-state index in [1.807, 2.05) is 4.90 Å². The van der Waals surface area contributed by atoms with Gasteiger partial charge in [-0.25, -0.2) is 0 Å². The van der Waals surface area contributed by atoms with Crippen LogP contribution in [0.25, 0.3) is 0 Å². The first-order chi connectivity index (χ1) is 6.22. The topological polar surface area (TPSA) is 46.6 Å². The number of hydrogen-bond donors (Lipinski definition) is 0. The third kappa shape index (κ3) is 4.83. The van der Waals surface area contributed by atoms with Gasteiger partial charge in [-0.2, -0.15) is 11.8 Å². The van der Waals surface area contributed by atoms with Crippen molar-refractivity contribution >= 4 is 36.1 Å². The summed E-state index contributed by atoms with van der Waals surface area (Å²) < 4.78 is 4.40. The van der Waals surface area contributed by atoms with Gasteiger partial charge in [-0.3, -0.25) is 14.5 Å². The van der Waals surface area contributed by atoms with E-state index in [4.69, 9.17) is 0 Å². The van der Waals surface area contributed by atoms with Crippen molar-refractivity contribution in [1.29, 1.82) is 0 Å². The molecule has 1 aliphatic rings. The lowest BCUT2D eigenvalue weighted by molar-refractivity contribution is -0.166. The first kappa shape index (κ1) is 13.7. The summed E-state index contributed by atoms with van der Waals surface area (Å²) in [4.78, 5) is 23.5. The predicted molar refractivity (Wildman–Crippen MR) is 57.8 cm³/mol. The van der Waals surface area contributed by atoms with Crippen LogP contribution >= 0.6 is 24.2 Å². The number of morpholine rings is 1. The van der Waals surface area contributed by atoms with E-state index in [1.165, 1.54) is 0 Å². The van der Waals surface area contributed by atoms with Crippen molar-refractivity contribution in [2.75, 3.05) is 31.1 Å². The van der Waals surface area contributed by atoms with Gasteiger partial charge in [-0.1, -0.05) is 6.92 Å². The Kier molecular flexibility index (Phi) is 6.96. The summed E-state index contributed by atoms with van der Waals surface area (Å²) in [6, 6.07) is 0. The van der Waals surface area contributed by atoms with Gasteiger partial charge < -0.3 is 4.74 Å². The lowest BCUT2D eigenvalue weighted by Crippen LogP contribution is -2.43. The zero-order chi connectivity index (χ0) is 9.68. The molecule has 1 heterocycles. The maximum atomic E-state index is 10.8. The van der Waals surface area contributed by atoms with Crippen molar-refractivity contribution in [2.24, 2.45) is 0 Å². The molecule has 0 radical (unpaired) electrons. The summed E-state index contributed by atoms with van der Waals surface area (Å²) >= 11 is 1.80. The minimum atomic E-state index is -0.433. The van der Waals surface area contributed by atoms with Gasteiger partial charge in [0.15, 0.2) is 0 Å². The minimum Gasteiger partial charge on any atom is -0.391 e. The number of halogens is 1.